The number of pyridine rings is 1. The Morgan fingerprint density at radius 2 is 2.14 bits per heavy atom. The van der Waals surface area contributed by atoms with Crippen LogP contribution in [0.2, 0.25) is 0 Å². The minimum Gasteiger partial charge on any atom is -0.391 e. The van der Waals surface area contributed by atoms with Gasteiger partial charge in [-0.2, -0.15) is 0 Å². The maximum atomic E-state index is 13.8. The summed E-state index contributed by atoms with van der Waals surface area (Å²) in [5, 5.41) is 9.87. The summed E-state index contributed by atoms with van der Waals surface area (Å²) in [6, 6.07) is 6.69. The Kier molecular flexibility index (Phi) is 3.85. The molecule has 1 aliphatic rings. The predicted octanol–water partition coefficient (Wildman–Crippen LogP) is 2.31. The van der Waals surface area contributed by atoms with Crippen molar-refractivity contribution in [1.29, 1.82) is 0 Å². The zero-order chi connectivity index (χ0) is 15.7. The fourth-order valence-electron chi connectivity index (χ4n) is 2.77. The standard InChI is InChI=1S/C16H14F2N2O2/c17-11-3-1-2-10(6-11)15-7-12(21)9-20(15)16(22)13-4-5-19-8-14(13)18/h1-6,8,12,15,21H,7,9H2/t12-,15-/m0/s1. The van der Waals surface area contributed by atoms with Crippen LogP contribution in [-0.4, -0.2) is 33.5 Å². The van der Waals surface area contributed by atoms with Gasteiger partial charge in [-0.1, -0.05) is 12.1 Å². The van der Waals surface area contributed by atoms with Crippen molar-refractivity contribution in [1.82, 2.24) is 9.88 Å². The first-order chi connectivity index (χ1) is 10.6. The number of aliphatic hydroxyl groups excluding tert-OH is 1. The molecular formula is C16H14F2N2O2. The second-order valence-electron chi connectivity index (χ2n) is 5.27. The lowest BCUT2D eigenvalue weighted by Gasteiger charge is -2.25. The summed E-state index contributed by atoms with van der Waals surface area (Å²) < 4.78 is 27.2. The molecule has 114 valence electrons. The summed E-state index contributed by atoms with van der Waals surface area (Å²) in [5.41, 5.74) is 0.477. The zero-order valence-electron chi connectivity index (χ0n) is 11.6. The van der Waals surface area contributed by atoms with Gasteiger partial charge in [0.1, 0.15) is 5.82 Å². The molecular weight excluding hydrogens is 290 g/mol. The van der Waals surface area contributed by atoms with Gasteiger partial charge in [-0.25, -0.2) is 8.78 Å². The number of benzene rings is 1. The summed E-state index contributed by atoms with van der Waals surface area (Å²) >= 11 is 0. The average molecular weight is 304 g/mol. The Balaban J connectivity index is 1.94. The normalized spacial score (nSPS) is 21.1. The number of likely N-dealkylation sites (tertiary alicyclic amines) is 1. The Morgan fingerprint density at radius 3 is 2.86 bits per heavy atom. The van der Waals surface area contributed by atoms with Crippen LogP contribution in [-0.2, 0) is 0 Å². The van der Waals surface area contributed by atoms with Gasteiger partial charge < -0.3 is 10.0 Å². The van der Waals surface area contributed by atoms with Crippen molar-refractivity contribution < 1.29 is 18.7 Å². The lowest BCUT2D eigenvalue weighted by molar-refractivity contribution is 0.0710. The quantitative estimate of drug-likeness (QED) is 0.926. The molecule has 0 unspecified atom stereocenters. The number of amides is 1. The van der Waals surface area contributed by atoms with Crippen LogP contribution in [0.15, 0.2) is 42.7 Å². The monoisotopic (exact) mass is 304 g/mol. The van der Waals surface area contributed by atoms with Gasteiger partial charge >= 0.3 is 0 Å². The molecule has 0 aliphatic carbocycles. The van der Waals surface area contributed by atoms with Gasteiger partial charge in [-0.05, 0) is 30.2 Å². The second kappa shape index (κ2) is 5.81. The summed E-state index contributed by atoms with van der Waals surface area (Å²) in [6.07, 6.45) is 1.88. The second-order valence-corrected chi connectivity index (χ2v) is 5.27. The third-order valence-electron chi connectivity index (χ3n) is 3.78. The third kappa shape index (κ3) is 2.69. The molecule has 1 aliphatic heterocycles. The summed E-state index contributed by atoms with van der Waals surface area (Å²) in [6.45, 7) is 0.0851. The molecule has 1 saturated heterocycles. The molecule has 1 N–H and O–H groups in total. The molecule has 6 heteroatoms. The smallest absolute Gasteiger partial charge is 0.257 e. The van der Waals surface area contributed by atoms with Crippen LogP contribution in [0.25, 0.3) is 0 Å². The number of hydrogen-bond donors (Lipinski definition) is 1. The molecule has 1 amide bonds. The van der Waals surface area contributed by atoms with Crippen LogP contribution >= 0.6 is 0 Å². The molecule has 2 atom stereocenters. The van der Waals surface area contributed by atoms with Gasteiger partial charge in [0.2, 0.25) is 0 Å². The maximum Gasteiger partial charge on any atom is 0.257 e. The van der Waals surface area contributed by atoms with Crippen LogP contribution in [0.4, 0.5) is 8.78 Å². The highest BCUT2D eigenvalue weighted by Gasteiger charge is 2.36. The maximum absolute atomic E-state index is 13.8. The van der Waals surface area contributed by atoms with E-state index in [9.17, 15) is 18.7 Å². The van der Waals surface area contributed by atoms with Crippen LogP contribution in [0, 0.1) is 11.6 Å². The van der Waals surface area contributed by atoms with Gasteiger partial charge in [0.05, 0.1) is 23.9 Å². The van der Waals surface area contributed by atoms with Gasteiger partial charge in [0.25, 0.3) is 5.91 Å². The average Bonchev–Trinajstić information content (AvgIpc) is 2.89. The number of carbonyl (C=O) groups is 1. The lowest BCUT2D eigenvalue weighted by atomic mass is 10.0. The first-order valence-electron chi connectivity index (χ1n) is 6.90. The Bertz CT molecular complexity index is 708. The van der Waals surface area contributed by atoms with Crippen LogP contribution in [0.5, 0.6) is 0 Å². The molecule has 1 aromatic carbocycles. The molecule has 0 spiro atoms. The number of β-amino-alcohol motifs (C(OH)–C–C–N with tert-alkyl or cyclic N) is 1. The molecule has 0 radical (unpaired) electrons. The molecule has 1 aromatic heterocycles. The first kappa shape index (κ1) is 14.6. The van der Waals surface area contributed by atoms with Gasteiger partial charge in [0.15, 0.2) is 5.82 Å². The number of hydrogen-bond acceptors (Lipinski definition) is 3. The summed E-state index contributed by atoms with van der Waals surface area (Å²) in [7, 11) is 0. The van der Waals surface area contributed by atoms with E-state index in [4.69, 9.17) is 0 Å². The van der Waals surface area contributed by atoms with Gasteiger partial charge in [-0.3, -0.25) is 9.78 Å². The highest BCUT2D eigenvalue weighted by atomic mass is 19.1. The third-order valence-corrected chi connectivity index (χ3v) is 3.78. The number of aromatic nitrogens is 1. The minimum absolute atomic E-state index is 0.0851. The van der Waals surface area contributed by atoms with Crippen LogP contribution in [0.1, 0.15) is 28.4 Å². The minimum atomic E-state index is -0.720. The molecule has 0 saturated carbocycles. The van der Waals surface area contributed by atoms with Crippen molar-refractivity contribution in [3.63, 3.8) is 0 Å². The van der Waals surface area contributed by atoms with E-state index in [0.717, 1.165) is 6.20 Å². The van der Waals surface area contributed by atoms with Crippen molar-refractivity contribution in [3.8, 4) is 0 Å². The van der Waals surface area contributed by atoms with E-state index in [1.165, 1.54) is 29.3 Å². The van der Waals surface area contributed by atoms with Crippen molar-refractivity contribution >= 4 is 5.91 Å². The molecule has 3 rings (SSSR count). The fourth-order valence-corrected chi connectivity index (χ4v) is 2.77. The SMILES string of the molecule is O=C(c1ccncc1F)N1C[C@@H](O)C[C@H]1c1cccc(F)c1. The van der Waals surface area contributed by atoms with E-state index in [1.807, 2.05) is 0 Å². The zero-order valence-corrected chi connectivity index (χ0v) is 11.6. The highest BCUT2D eigenvalue weighted by Crippen LogP contribution is 2.33. The topological polar surface area (TPSA) is 53.4 Å². The van der Waals surface area contributed by atoms with E-state index < -0.39 is 29.7 Å². The largest absolute Gasteiger partial charge is 0.391 e. The fraction of sp³-hybridized carbons (Fsp3) is 0.250. The predicted molar refractivity (Wildman–Crippen MR) is 75.0 cm³/mol. The Labute approximate surface area is 126 Å². The van der Waals surface area contributed by atoms with Gasteiger partial charge in [-0.15, -0.1) is 0 Å². The van der Waals surface area contributed by atoms with Gasteiger partial charge in [0, 0.05) is 12.7 Å². The van der Waals surface area contributed by atoms with Crippen molar-refractivity contribution in [2.24, 2.45) is 0 Å². The van der Waals surface area contributed by atoms with Crippen LogP contribution < -0.4 is 0 Å². The number of aliphatic hydroxyl groups is 1. The van der Waals surface area contributed by atoms with E-state index in [2.05, 4.69) is 4.98 Å². The van der Waals surface area contributed by atoms with E-state index >= 15 is 0 Å². The van der Waals surface area contributed by atoms with Crippen molar-refractivity contribution in [2.45, 2.75) is 18.6 Å². The number of carbonyl (C=O) groups excluding carboxylic acids is 1. The first-order valence-corrected chi connectivity index (χ1v) is 6.90. The lowest BCUT2D eigenvalue weighted by Crippen LogP contribution is -2.32. The molecule has 1 fully saturated rings. The highest BCUT2D eigenvalue weighted by molar-refractivity contribution is 5.94. The summed E-state index contributed by atoms with van der Waals surface area (Å²) in [4.78, 5) is 17.5. The van der Waals surface area contributed by atoms with E-state index in [0.29, 0.717) is 12.0 Å². The van der Waals surface area contributed by atoms with Crippen LogP contribution in [0.3, 0.4) is 0 Å². The van der Waals surface area contributed by atoms with E-state index in [-0.39, 0.29) is 12.1 Å². The molecule has 2 aromatic rings. The number of rotatable bonds is 2. The van der Waals surface area contributed by atoms with Crippen molar-refractivity contribution in [2.75, 3.05) is 6.54 Å². The van der Waals surface area contributed by atoms with E-state index in [1.54, 1.807) is 12.1 Å². The molecule has 2 heterocycles. The summed E-state index contributed by atoms with van der Waals surface area (Å²) in [5.74, 6) is -1.67. The van der Waals surface area contributed by atoms with Crippen molar-refractivity contribution in [3.05, 3.63) is 65.5 Å². The number of nitrogens with zero attached hydrogens (tertiary/aromatic N) is 2. The Morgan fingerprint density at radius 1 is 1.32 bits per heavy atom. The molecule has 0 bridgehead atoms. The number of halogens is 2. The Hall–Kier alpha value is -2.34. The molecule has 22 heavy (non-hydrogen) atoms. The molecule has 4 nitrogen and oxygen atoms in total.